The topological polar surface area (TPSA) is 81.7 Å². The number of piperazine rings is 1. The summed E-state index contributed by atoms with van der Waals surface area (Å²) < 4.78 is 0. The van der Waals surface area contributed by atoms with Gasteiger partial charge in [0.15, 0.2) is 5.82 Å². The van der Waals surface area contributed by atoms with Crippen LogP contribution in [0, 0.1) is 12.8 Å². The lowest BCUT2D eigenvalue weighted by molar-refractivity contribution is -0.132. The van der Waals surface area contributed by atoms with Crippen LogP contribution in [-0.4, -0.2) is 71.2 Å². The van der Waals surface area contributed by atoms with E-state index in [0.717, 1.165) is 40.3 Å². The molecule has 1 atom stereocenters. The Morgan fingerprint density at radius 2 is 1.47 bits per heavy atom. The van der Waals surface area contributed by atoms with E-state index in [2.05, 4.69) is 70.7 Å². The van der Waals surface area contributed by atoms with Crippen molar-refractivity contribution >= 4 is 23.4 Å². The highest BCUT2D eigenvalue weighted by molar-refractivity contribution is 5.92. The average molecular weight is 577 g/mol. The normalized spacial score (nSPS) is 13.8. The van der Waals surface area contributed by atoms with Crippen molar-refractivity contribution in [3.63, 3.8) is 0 Å². The Morgan fingerprint density at radius 3 is 2.09 bits per heavy atom. The van der Waals surface area contributed by atoms with E-state index in [1.807, 2.05) is 66.4 Å². The number of rotatable bonds is 9. The third kappa shape index (κ3) is 7.77. The predicted octanol–water partition coefficient (Wildman–Crippen LogP) is 6.35. The zero-order chi connectivity index (χ0) is 30.2. The first-order valence-corrected chi connectivity index (χ1v) is 15.0. The smallest absolute Gasteiger partial charge is 0.322 e. The number of urea groups is 1. The van der Waals surface area contributed by atoms with Crippen LogP contribution in [-0.2, 0) is 4.79 Å². The van der Waals surface area contributed by atoms with Gasteiger partial charge in [0.1, 0.15) is 6.54 Å². The second-order valence-electron chi connectivity index (χ2n) is 11.3. The largest absolute Gasteiger partial charge is 0.352 e. The summed E-state index contributed by atoms with van der Waals surface area (Å²) in [5.41, 5.74) is 6.03. The Balaban J connectivity index is 1.15. The SMILES string of the molecule is CC[C@@H](C)CN(CC(=O)N1CCN(c2ccc(-c3ccc(-c4ccccc4)cc3)nn2)CC1)C(=O)Nc1ccc(C)cc1. The lowest BCUT2D eigenvalue weighted by Gasteiger charge is -2.36. The lowest BCUT2D eigenvalue weighted by atomic mass is 10.0. The monoisotopic (exact) mass is 576 g/mol. The molecule has 4 aromatic rings. The third-order valence-electron chi connectivity index (χ3n) is 8.04. The summed E-state index contributed by atoms with van der Waals surface area (Å²) in [6.45, 7) is 9.24. The van der Waals surface area contributed by atoms with Crippen molar-refractivity contribution in [1.29, 1.82) is 0 Å². The van der Waals surface area contributed by atoms with Gasteiger partial charge in [-0.15, -0.1) is 10.2 Å². The standard InChI is InChI=1S/C35H40N6O2/c1-4-26(2)24-41(35(43)36-31-16-10-27(3)11-17-31)25-34(42)40-22-20-39(21-23-40)33-19-18-32(37-38-33)30-14-12-29(13-15-30)28-8-6-5-7-9-28/h5-19,26H,4,20-25H2,1-3H3,(H,36,43)/t26-/m1/s1. The molecule has 8 heteroatoms. The summed E-state index contributed by atoms with van der Waals surface area (Å²) in [5.74, 6) is 1.05. The fourth-order valence-corrected chi connectivity index (χ4v) is 5.12. The summed E-state index contributed by atoms with van der Waals surface area (Å²) in [6.07, 6.45) is 0.931. The molecule has 1 saturated heterocycles. The molecule has 0 unspecified atom stereocenters. The zero-order valence-electron chi connectivity index (χ0n) is 25.2. The maximum atomic E-state index is 13.3. The minimum Gasteiger partial charge on any atom is -0.352 e. The van der Waals surface area contributed by atoms with Gasteiger partial charge in [0.2, 0.25) is 5.91 Å². The fourth-order valence-electron chi connectivity index (χ4n) is 5.12. The van der Waals surface area contributed by atoms with E-state index < -0.39 is 0 Å². The predicted molar refractivity (Wildman–Crippen MR) is 173 cm³/mol. The third-order valence-corrected chi connectivity index (χ3v) is 8.04. The number of carbonyl (C=O) groups is 2. The number of amides is 3. The molecule has 2 heterocycles. The molecule has 8 nitrogen and oxygen atoms in total. The Labute approximate surface area is 254 Å². The summed E-state index contributed by atoms with van der Waals surface area (Å²) in [6, 6.07) is 30.1. The second kappa shape index (κ2) is 14.0. The van der Waals surface area contributed by atoms with Gasteiger partial charge in [0.05, 0.1) is 5.69 Å². The van der Waals surface area contributed by atoms with Gasteiger partial charge in [-0.1, -0.05) is 92.6 Å². The molecular weight excluding hydrogens is 536 g/mol. The van der Waals surface area contributed by atoms with Crippen LogP contribution >= 0.6 is 0 Å². The first-order chi connectivity index (χ1) is 20.9. The summed E-state index contributed by atoms with van der Waals surface area (Å²) in [4.78, 5) is 32.1. The van der Waals surface area contributed by atoms with Crippen molar-refractivity contribution in [2.45, 2.75) is 27.2 Å². The van der Waals surface area contributed by atoms with Crippen molar-refractivity contribution in [3.05, 3.63) is 96.6 Å². The molecule has 0 spiro atoms. The van der Waals surface area contributed by atoms with Crippen LogP contribution in [0.5, 0.6) is 0 Å². The van der Waals surface area contributed by atoms with Gasteiger partial charge >= 0.3 is 6.03 Å². The molecule has 0 bridgehead atoms. The van der Waals surface area contributed by atoms with Crippen LogP contribution in [0.2, 0.25) is 0 Å². The van der Waals surface area contributed by atoms with E-state index in [9.17, 15) is 9.59 Å². The van der Waals surface area contributed by atoms with Crippen LogP contribution in [0.4, 0.5) is 16.3 Å². The number of hydrogen-bond donors (Lipinski definition) is 1. The van der Waals surface area contributed by atoms with E-state index in [4.69, 9.17) is 0 Å². The molecular formula is C35H40N6O2. The number of hydrogen-bond acceptors (Lipinski definition) is 5. The van der Waals surface area contributed by atoms with Crippen LogP contribution in [0.15, 0.2) is 91.0 Å². The van der Waals surface area contributed by atoms with Crippen LogP contribution in [0.1, 0.15) is 25.8 Å². The van der Waals surface area contributed by atoms with Crippen LogP contribution in [0.25, 0.3) is 22.4 Å². The molecule has 1 N–H and O–H groups in total. The molecule has 1 aromatic heterocycles. The van der Waals surface area contributed by atoms with Gasteiger partial charge < -0.3 is 20.0 Å². The number of nitrogens with one attached hydrogen (secondary N) is 1. The minimum absolute atomic E-state index is 0.0395. The highest BCUT2D eigenvalue weighted by Crippen LogP contribution is 2.24. The molecule has 222 valence electrons. The zero-order valence-corrected chi connectivity index (χ0v) is 25.2. The number of aryl methyl sites for hydroxylation is 1. The van der Waals surface area contributed by atoms with Crippen molar-refractivity contribution in [2.24, 2.45) is 5.92 Å². The maximum absolute atomic E-state index is 13.3. The van der Waals surface area contributed by atoms with Gasteiger partial charge in [0.25, 0.3) is 0 Å². The number of carbonyl (C=O) groups excluding carboxylic acids is 2. The maximum Gasteiger partial charge on any atom is 0.322 e. The Kier molecular flexibility index (Phi) is 9.66. The number of aromatic nitrogens is 2. The molecule has 43 heavy (non-hydrogen) atoms. The Hall–Kier alpha value is -4.72. The average Bonchev–Trinajstić information content (AvgIpc) is 3.06. The molecule has 1 fully saturated rings. The van der Waals surface area contributed by atoms with Crippen molar-refractivity contribution in [2.75, 3.05) is 49.5 Å². The quantitative estimate of drug-likeness (QED) is 0.251. The molecule has 0 aliphatic carbocycles. The summed E-state index contributed by atoms with van der Waals surface area (Å²) in [7, 11) is 0. The molecule has 5 rings (SSSR count). The van der Waals surface area contributed by atoms with E-state index in [-0.39, 0.29) is 24.4 Å². The molecule has 0 saturated carbocycles. The van der Waals surface area contributed by atoms with Gasteiger partial charge in [-0.05, 0) is 48.2 Å². The number of benzene rings is 3. The van der Waals surface area contributed by atoms with E-state index in [1.165, 1.54) is 5.56 Å². The number of nitrogens with zero attached hydrogens (tertiary/aromatic N) is 5. The first kappa shape index (κ1) is 29.8. The summed E-state index contributed by atoms with van der Waals surface area (Å²) in [5, 5.41) is 11.9. The Bertz CT molecular complexity index is 1480. The first-order valence-electron chi connectivity index (χ1n) is 15.0. The van der Waals surface area contributed by atoms with Crippen molar-refractivity contribution in [3.8, 4) is 22.4 Å². The lowest BCUT2D eigenvalue weighted by Crippen LogP contribution is -2.52. The highest BCUT2D eigenvalue weighted by Gasteiger charge is 2.26. The van der Waals surface area contributed by atoms with Crippen LogP contribution < -0.4 is 10.2 Å². The molecule has 3 amide bonds. The number of anilines is 2. The minimum atomic E-state index is -0.249. The van der Waals surface area contributed by atoms with Crippen LogP contribution in [0.3, 0.4) is 0 Å². The van der Waals surface area contributed by atoms with E-state index >= 15 is 0 Å². The molecule has 1 aliphatic heterocycles. The molecule has 1 aliphatic rings. The fraction of sp³-hybridized carbons (Fsp3) is 0.314. The van der Waals surface area contributed by atoms with Gasteiger partial charge in [-0.25, -0.2) is 4.79 Å². The van der Waals surface area contributed by atoms with Crippen molar-refractivity contribution in [1.82, 2.24) is 20.0 Å². The summed E-state index contributed by atoms with van der Waals surface area (Å²) >= 11 is 0. The molecule has 0 radical (unpaired) electrons. The van der Waals surface area contributed by atoms with Crippen molar-refractivity contribution < 1.29 is 9.59 Å². The molecule has 3 aromatic carbocycles. The van der Waals surface area contributed by atoms with E-state index in [1.54, 1.807) is 4.90 Å². The van der Waals surface area contributed by atoms with Gasteiger partial charge in [-0.2, -0.15) is 0 Å². The Morgan fingerprint density at radius 1 is 0.814 bits per heavy atom. The van der Waals surface area contributed by atoms with Gasteiger partial charge in [-0.3, -0.25) is 4.79 Å². The van der Waals surface area contributed by atoms with E-state index in [0.29, 0.717) is 32.7 Å². The highest BCUT2D eigenvalue weighted by atomic mass is 16.2. The van der Waals surface area contributed by atoms with Gasteiger partial charge in [0, 0.05) is 44.0 Å². The second-order valence-corrected chi connectivity index (χ2v) is 11.3.